The number of likely N-dealkylation sites (tertiary alicyclic amines) is 1. The molecular weight excluding hydrogens is 338 g/mol. The summed E-state index contributed by atoms with van der Waals surface area (Å²) in [6.07, 6.45) is 6.67. The maximum Gasteiger partial charge on any atom is 0.253 e. The number of carbonyl (C=O) groups excluding carboxylic acids is 2. The van der Waals surface area contributed by atoms with Crippen LogP contribution in [0.1, 0.15) is 56.3 Å². The number of piperidine rings is 1. The van der Waals surface area contributed by atoms with Gasteiger partial charge in [0.15, 0.2) is 0 Å². The minimum atomic E-state index is 0.0343. The third kappa shape index (κ3) is 5.10. The summed E-state index contributed by atoms with van der Waals surface area (Å²) in [5.74, 6) is 1.74. The molecule has 0 unspecified atom stereocenters. The highest BCUT2D eigenvalue weighted by Gasteiger charge is 2.31. The summed E-state index contributed by atoms with van der Waals surface area (Å²) in [5, 5.41) is 2.98. The van der Waals surface area contributed by atoms with Gasteiger partial charge in [0.2, 0.25) is 5.91 Å². The van der Waals surface area contributed by atoms with Crippen LogP contribution in [0.15, 0.2) is 24.3 Å². The largest absolute Gasteiger partial charge is 0.339 e. The first-order chi connectivity index (χ1) is 13.1. The van der Waals surface area contributed by atoms with E-state index in [2.05, 4.69) is 10.2 Å². The molecule has 148 valence electrons. The molecule has 1 aromatic rings. The van der Waals surface area contributed by atoms with Crippen molar-refractivity contribution in [1.82, 2.24) is 9.80 Å². The van der Waals surface area contributed by atoms with E-state index in [1.54, 1.807) is 17.0 Å². The number of anilines is 1. The summed E-state index contributed by atoms with van der Waals surface area (Å²) in [4.78, 5) is 28.9. The van der Waals surface area contributed by atoms with Gasteiger partial charge in [-0.25, -0.2) is 0 Å². The van der Waals surface area contributed by atoms with Gasteiger partial charge in [0.1, 0.15) is 0 Å². The smallest absolute Gasteiger partial charge is 0.253 e. The number of amides is 2. The van der Waals surface area contributed by atoms with Crippen LogP contribution in [0, 0.1) is 11.8 Å². The quantitative estimate of drug-likeness (QED) is 0.831. The fraction of sp³-hybridized carbons (Fsp3) is 0.636. The van der Waals surface area contributed by atoms with Crippen LogP contribution in [0.25, 0.3) is 0 Å². The highest BCUT2D eigenvalue weighted by Crippen LogP contribution is 2.35. The van der Waals surface area contributed by atoms with Crippen LogP contribution in [-0.2, 0) is 4.79 Å². The van der Waals surface area contributed by atoms with Gasteiger partial charge in [-0.05, 0) is 69.3 Å². The Morgan fingerprint density at radius 3 is 2.37 bits per heavy atom. The summed E-state index contributed by atoms with van der Waals surface area (Å²) in [6.45, 7) is 7.92. The molecule has 3 rings (SSSR count). The Morgan fingerprint density at radius 1 is 1.04 bits per heavy atom. The molecule has 0 aromatic heterocycles. The SMILES string of the molecule is CCN(CC)C(=O)c1ccc(NC(=O)CN2CC[C@@H]3CCCC[C@@H]3C2)cc1. The van der Waals surface area contributed by atoms with Gasteiger partial charge in [0.05, 0.1) is 6.54 Å². The molecule has 5 nitrogen and oxygen atoms in total. The third-order valence-electron chi connectivity index (χ3n) is 6.21. The molecule has 1 aliphatic heterocycles. The lowest BCUT2D eigenvalue weighted by atomic mass is 9.75. The molecule has 1 N–H and O–H groups in total. The number of carbonyl (C=O) groups is 2. The average molecular weight is 372 g/mol. The second-order valence-electron chi connectivity index (χ2n) is 7.93. The van der Waals surface area contributed by atoms with E-state index in [-0.39, 0.29) is 11.8 Å². The van der Waals surface area contributed by atoms with Crippen molar-refractivity contribution in [1.29, 1.82) is 0 Å². The lowest BCUT2D eigenvalue weighted by Crippen LogP contribution is -2.44. The van der Waals surface area contributed by atoms with Gasteiger partial charge in [-0.3, -0.25) is 14.5 Å². The zero-order valence-electron chi connectivity index (χ0n) is 16.7. The van der Waals surface area contributed by atoms with E-state index in [1.807, 2.05) is 26.0 Å². The van der Waals surface area contributed by atoms with Gasteiger partial charge in [-0.1, -0.05) is 19.3 Å². The van der Waals surface area contributed by atoms with Crippen molar-refractivity contribution in [3.63, 3.8) is 0 Å². The average Bonchev–Trinajstić information content (AvgIpc) is 2.69. The molecule has 0 bridgehead atoms. The van der Waals surface area contributed by atoms with Crippen LogP contribution >= 0.6 is 0 Å². The van der Waals surface area contributed by atoms with Crippen LogP contribution in [0.5, 0.6) is 0 Å². The fourth-order valence-electron chi connectivity index (χ4n) is 4.61. The zero-order valence-corrected chi connectivity index (χ0v) is 16.7. The Hall–Kier alpha value is -1.88. The number of rotatable bonds is 6. The van der Waals surface area contributed by atoms with Gasteiger partial charge in [0, 0.05) is 30.9 Å². The molecular formula is C22H33N3O2. The van der Waals surface area contributed by atoms with Crippen molar-refractivity contribution in [3.05, 3.63) is 29.8 Å². The van der Waals surface area contributed by atoms with Crippen LogP contribution in [0.2, 0.25) is 0 Å². The van der Waals surface area contributed by atoms with Gasteiger partial charge in [0.25, 0.3) is 5.91 Å². The van der Waals surface area contributed by atoms with Crippen molar-refractivity contribution in [2.45, 2.75) is 46.0 Å². The Balaban J connectivity index is 1.50. The molecule has 0 spiro atoms. The fourth-order valence-corrected chi connectivity index (χ4v) is 4.61. The molecule has 1 aliphatic carbocycles. The second kappa shape index (κ2) is 9.36. The topological polar surface area (TPSA) is 52.7 Å². The predicted molar refractivity (Wildman–Crippen MR) is 109 cm³/mol. The molecule has 1 aromatic carbocycles. The van der Waals surface area contributed by atoms with E-state index in [0.717, 1.165) is 30.6 Å². The normalized spacial score (nSPS) is 22.7. The van der Waals surface area contributed by atoms with Gasteiger partial charge in [-0.2, -0.15) is 0 Å². The van der Waals surface area contributed by atoms with E-state index < -0.39 is 0 Å². The van der Waals surface area contributed by atoms with Crippen molar-refractivity contribution >= 4 is 17.5 Å². The molecule has 27 heavy (non-hydrogen) atoms. The number of nitrogens with one attached hydrogen (secondary N) is 1. The summed E-state index contributed by atoms with van der Waals surface area (Å²) in [5.41, 5.74) is 1.42. The van der Waals surface area contributed by atoms with E-state index in [9.17, 15) is 9.59 Å². The standard InChI is InChI=1S/C22H33N3O2/c1-3-25(4-2)22(27)18-9-11-20(12-10-18)23-21(26)16-24-14-13-17-7-5-6-8-19(17)15-24/h9-12,17,19H,3-8,13-16H2,1-2H3,(H,23,26)/t17-,19+/m0/s1. The molecule has 2 amide bonds. The molecule has 2 atom stereocenters. The molecule has 5 heteroatoms. The first-order valence-electron chi connectivity index (χ1n) is 10.5. The summed E-state index contributed by atoms with van der Waals surface area (Å²) < 4.78 is 0. The van der Waals surface area contributed by atoms with Gasteiger partial charge >= 0.3 is 0 Å². The van der Waals surface area contributed by atoms with E-state index in [1.165, 1.54) is 32.1 Å². The zero-order chi connectivity index (χ0) is 19.2. The van der Waals surface area contributed by atoms with E-state index in [4.69, 9.17) is 0 Å². The molecule has 1 saturated heterocycles. The monoisotopic (exact) mass is 371 g/mol. The lowest BCUT2D eigenvalue weighted by molar-refractivity contribution is -0.118. The van der Waals surface area contributed by atoms with Crippen LogP contribution in [0.3, 0.4) is 0 Å². The molecule has 1 saturated carbocycles. The maximum absolute atomic E-state index is 12.4. The maximum atomic E-state index is 12.4. The predicted octanol–water partition coefficient (Wildman–Crippen LogP) is 3.62. The number of nitrogens with zero attached hydrogens (tertiary/aromatic N) is 2. The minimum absolute atomic E-state index is 0.0343. The Morgan fingerprint density at radius 2 is 1.70 bits per heavy atom. The minimum Gasteiger partial charge on any atom is -0.339 e. The van der Waals surface area contributed by atoms with Crippen molar-refractivity contribution in [2.24, 2.45) is 11.8 Å². The van der Waals surface area contributed by atoms with Crippen molar-refractivity contribution in [3.8, 4) is 0 Å². The molecule has 1 heterocycles. The second-order valence-corrected chi connectivity index (χ2v) is 7.93. The van der Waals surface area contributed by atoms with Gasteiger partial charge < -0.3 is 10.2 Å². The highest BCUT2D eigenvalue weighted by atomic mass is 16.2. The molecule has 2 aliphatic rings. The lowest BCUT2D eigenvalue weighted by Gasteiger charge is -2.41. The summed E-state index contributed by atoms with van der Waals surface area (Å²) >= 11 is 0. The number of benzene rings is 1. The summed E-state index contributed by atoms with van der Waals surface area (Å²) in [6, 6.07) is 7.23. The van der Waals surface area contributed by atoms with Crippen LogP contribution < -0.4 is 5.32 Å². The van der Waals surface area contributed by atoms with Gasteiger partial charge in [-0.15, -0.1) is 0 Å². The van der Waals surface area contributed by atoms with E-state index >= 15 is 0 Å². The Kier molecular flexibility index (Phi) is 6.89. The number of fused-ring (bicyclic) bond motifs is 1. The Labute approximate surface area is 163 Å². The first kappa shape index (κ1) is 19.9. The summed E-state index contributed by atoms with van der Waals surface area (Å²) in [7, 11) is 0. The number of hydrogen-bond acceptors (Lipinski definition) is 3. The highest BCUT2D eigenvalue weighted by molar-refractivity contribution is 5.96. The first-order valence-corrected chi connectivity index (χ1v) is 10.5. The number of hydrogen-bond donors (Lipinski definition) is 1. The molecule has 2 fully saturated rings. The van der Waals surface area contributed by atoms with Crippen molar-refractivity contribution in [2.75, 3.05) is 38.0 Å². The molecule has 0 radical (unpaired) electrons. The van der Waals surface area contributed by atoms with Crippen LogP contribution in [0.4, 0.5) is 5.69 Å². The van der Waals surface area contributed by atoms with Crippen molar-refractivity contribution < 1.29 is 9.59 Å². The Bertz CT molecular complexity index is 639. The van der Waals surface area contributed by atoms with Crippen LogP contribution in [-0.4, -0.2) is 54.3 Å². The van der Waals surface area contributed by atoms with E-state index in [0.29, 0.717) is 25.2 Å². The third-order valence-corrected chi connectivity index (χ3v) is 6.21.